The SMILES string of the molecule is CC1=C2C[C@H]3[C@@H](O[Si](C)(C)C(C)(C)C)[C@H]4C[C@H]4[C@]3(C)C=C2OC1=O. The Kier molecular flexibility index (Phi) is 3.21. The van der Waals surface area contributed by atoms with Gasteiger partial charge in [0.1, 0.15) is 5.76 Å². The zero-order valence-electron chi connectivity index (χ0n) is 16.0. The molecule has 132 valence electrons. The maximum absolute atomic E-state index is 12.0. The van der Waals surface area contributed by atoms with E-state index in [0.29, 0.717) is 23.9 Å². The third-order valence-electron chi connectivity index (χ3n) is 7.62. The average Bonchev–Trinajstić information content (AvgIpc) is 3.15. The molecule has 0 saturated heterocycles. The van der Waals surface area contributed by atoms with E-state index >= 15 is 0 Å². The number of ether oxygens (including phenoxy) is 1. The highest BCUT2D eigenvalue weighted by Crippen LogP contribution is 2.70. The van der Waals surface area contributed by atoms with Gasteiger partial charge in [0.25, 0.3) is 0 Å². The van der Waals surface area contributed by atoms with Crippen LogP contribution in [-0.4, -0.2) is 20.4 Å². The highest BCUT2D eigenvalue weighted by atomic mass is 28.4. The molecule has 1 heterocycles. The molecule has 3 nitrogen and oxygen atoms in total. The standard InChI is InChI=1S/C20H30O3Si/c1-11-12-8-15-17(23-24(6,7)19(2,3)4)13-9-14(13)20(15,5)10-16(12)22-18(11)21/h10,13-15,17H,8-9H2,1-7H3/t13-,14+,15-,17-,20-/m0/s1. The predicted molar refractivity (Wildman–Crippen MR) is 96.8 cm³/mol. The maximum atomic E-state index is 12.0. The Hall–Kier alpha value is -0.873. The van der Waals surface area contributed by atoms with Crippen molar-refractivity contribution in [2.24, 2.45) is 23.2 Å². The summed E-state index contributed by atoms with van der Waals surface area (Å²) in [5.74, 6) is 2.56. The quantitative estimate of drug-likeness (QED) is 0.532. The normalized spacial score (nSPS) is 40.8. The van der Waals surface area contributed by atoms with Gasteiger partial charge < -0.3 is 9.16 Å². The molecule has 4 rings (SSSR count). The summed E-state index contributed by atoms with van der Waals surface area (Å²) < 4.78 is 12.4. The van der Waals surface area contributed by atoms with Gasteiger partial charge in [0.05, 0.1) is 6.10 Å². The van der Waals surface area contributed by atoms with Crippen LogP contribution in [0, 0.1) is 23.2 Å². The van der Waals surface area contributed by atoms with Crippen molar-refractivity contribution in [3.8, 4) is 0 Å². The molecule has 0 aromatic carbocycles. The summed E-state index contributed by atoms with van der Waals surface area (Å²) in [7, 11) is -1.79. The van der Waals surface area contributed by atoms with Gasteiger partial charge in [-0.15, -0.1) is 0 Å². The summed E-state index contributed by atoms with van der Waals surface area (Å²) in [4.78, 5) is 12.0. The van der Waals surface area contributed by atoms with Gasteiger partial charge >= 0.3 is 5.97 Å². The van der Waals surface area contributed by atoms with Crippen molar-refractivity contribution in [3.05, 3.63) is 23.0 Å². The number of fused-ring (bicyclic) bond motifs is 4. The average molecular weight is 347 g/mol. The molecule has 0 aromatic rings. The van der Waals surface area contributed by atoms with E-state index in [9.17, 15) is 4.79 Å². The Morgan fingerprint density at radius 2 is 1.96 bits per heavy atom. The molecule has 4 heteroatoms. The molecule has 24 heavy (non-hydrogen) atoms. The largest absolute Gasteiger partial charge is 0.423 e. The molecule has 0 radical (unpaired) electrons. The lowest BCUT2D eigenvalue weighted by Gasteiger charge is -2.44. The van der Waals surface area contributed by atoms with Crippen molar-refractivity contribution >= 4 is 14.3 Å². The molecule has 3 aliphatic carbocycles. The van der Waals surface area contributed by atoms with E-state index in [1.165, 1.54) is 6.42 Å². The number of esters is 1. The summed E-state index contributed by atoms with van der Waals surface area (Å²) in [5.41, 5.74) is 2.06. The fraction of sp³-hybridized carbons (Fsp3) is 0.750. The number of hydrogen-bond donors (Lipinski definition) is 0. The number of carbonyl (C=O) groups excluding carboxylic acids is 1. The number of carbonyl (C=O) groups is 1. The van der Waals surface area contributed by atoms with E-state index in [-0.39, 0.29) is 16.4 Å². The Morgan fingerprint density at radius 1 is 1.29 bits per heavy atom. The molecule has 4 aliphatic rings. The van der Waals surface area contributed by atoms with Gasteiger partial charge in [0.2, 0.25) is 0 Å². The molecule has 0 spiro atoms. The van der Waals surface area contributed by atoms with Crippen molar-refractivity contribution < 1.29 is 14.0 Å². The monoisotopic (exact) mass is 346 g/mol. The highest BCUT2D eigenvalue weighted by Gasteiger charge is 2.68. The molecular weight excluding hydrogens is 316 g/mol. The summed E-state index contributed by atoms with van der Waals surface area (Å²) in [6.07, 6.45) is 4.81. The summed E-state index contributed by atoms with van der Waals surface area (Å²) in [5, 5.41) is 0.230. The van der Waals surface area contributed by atoms with Gasteiger partial charge in [0.15, 0.2) is 8.32 Å². The lowest BCUT2D eigenvalue weighted by atomic mass is 9.68. The molecule has 0 N–H and O–H groups in total. The van der Waals surface area contributed by atoms with E-state index in [2.05, 4.69) is 46.9 Å². The third kappa shape index (κ3) is 2.08. The van der Waals surface area contributed by atoms with Crippen LogP contribution in [0.3, 0.4) is 0 Å². The lowest BCUT2D eigenvalue weighted by Crippen LogP contribution is -2.47. The van der Waals surface area contributed by atoms with Crippen LogP contribution in [0.5, 0.6) is 0 Å². The first-order chi connectivity index (χ1) is 11.0. The van der Waals surface area contributed by atoms with E-state index in [1.807, 2.05) is 6.92 Å². The maximum Gasteiger partial charge on any atom is 0.339 e. The van der Waals surface area contributed by atoms with Crippen LogP contribution in [0.2, 0.25) is 18.1 Å². The van der Waals surface area contributed by atoms with Gasteiger partial charge in [-0.25, -0.2) is 4.79 Å². The highest BCUT2D eigenvalue weighted by molar-refractivity contribution is 6.74. The van der Waals surface area contributed by atoms with Crippen LogP contribution in [-0.2, 0) is 14.0 Å². The molecule has 2 fully saturated rings. The molecule has 1 aliphatic heterocycles. The molecule has 5 atom stereocenters. The molecule has 0 aromatic heterocycles. The lowest BCUT2D eigenvalue weighted by molar-refractivity contribution is -0.133. The Bertz CT molecular complexity index is 681. The molecular formula is C20H30O3Si. The van der Waals surface area contributed by atoms with E-state index in [0.717, 1.165) is 23.3 Å². The van der Waals surface area contributed by atoms with E-state index in [4.69, 9.17) is 9.16 Å². The van der Waals surface area contributed by atoms with Crippen molar-refractivity contribution in [1.29, 1.82) is 0 Å². The second kappa shape index (κ2) is 4.64. The molecule has 0 amide bonds. The summed E-state index contributed by atoms with van der Waals surface area (Å²) in [6.45, 7) is 15.9. The van der Waals surface area contributed by atoms with Crippen LogP contribution in [0.25, 0.3) is 0 Å². The minimum atomic E-state index is -1.79. The van der Waals surface area contributed by atoms with Gasteiger partial charge in [-0.05, 0) is 67.1 Å². The fourth-order valence-electron chi connectivity index (χ4n) is 4.88. The van der Waals surface area contributed by atoms with Crippen LogP contribution in [0.15, 0.2) is 23.0 Å². The minimum absolute atomic E-state index is 0.126. The van der Waals surface area contributed by atoms with E-state index < -0.39 is 8.32 Å². The van der Waals surface area contributed by atoms with Crippen LogP contribution in [0.4, 0.5) is 0 Å². The molecule has 2 saturated carbocycles. The summed E-state index contributed by atoms with van der Waals surface area (Å²) in [6, 6.07) is 0. The predicted octanol–water partition coefficient (Wildman–Crippen LogP) is 4.81. The third-order valence-corrected chi connectivity index (χ3v) is 12.1. The second-order valence-corrected chi connectivity index (χ2v) is 14.8. The van der Waals surface area contributed by atoms with Crippen molar-refractivity contribution in [2.45, 2.75) is 71.7 Å². The number of rotatable bonds is 2. The minimum Gasteiger partial charge on any atom is -0.423 e. The van der Waals surface area contributed by atoms with Crippen molar-refractivity contribution in [1.82, 2.24) is 0 Å². The molecule has 0 unspecified atom stereocenters. The number of hydrogen-bond acceptors (Lipinski definition) is 3. The van der Waals surface area contributed by atoms with Crippen LogP contribution < -0.4 is 0 Å². The van der Waals surface area contributed by atoms with Gasteiger partial charge in [0, 0.05) is 11.1 Å². The van der Waals surface area contributed by atoms with Gasteiger partial charge in [-0.2, -0.15) is 0 Å². The van der Waals surface area contributed by atoms with Crippen LogP contribution >= 0.6 is 0 Å². The zero-order chi connectivity index (χ0) is 17.7. The van der Waals surface area contributed by atoms with Crippen LogP contribution in [0.1, 0.15) is 47.5 Å². The van der Waals surface area contributed by atoms with Gasteiger partial charge in [-0.1, -0.05) is 27.7 Å². The Morgan fingerprint density at radius 3 is 2.58 bits per heavy atom. The fourth-order valence-corrected chi connectivity index (χ4v) is 6.25. The number of allylic oxidation sites excluding steroid dienone is 2. The first-order valence-electron chi connectivity index (χ1n) is 9.29. The topological polar surface area (TPSA) is 35.5 Å². The van der Waals surface area contributed by atoms with Crippen molar-refractivity contribution in [2.75, 3.05) is 0 Å². The smallest absolute Gasteiger partial charge is 0.339 e. The molecule has 0 bridgehead atoms. The Labute approximate surface area is 146 Å². The first-order valence-corrected chi connectivity index (χ1v) is 12.2. The zero-order valence-corrected chi connectivity index (χ0v) is 17.0. The second-order valence-electron chi connectivity index (χ2n) is 10.0. The van der Waals surface area contributed by atoms with Gasteiger partial charge in [-0.3, -0.25) is 0 Å². The van der Waals surface area contributed by atoms with E-state index in [1.54, 1.807) is 0 Å². The Balaban J connectivity index is 1.68. The summed E-state index contributed by atoms with van der Waals surface area (Å²) >= 11 is 0. The van der Waals surface area contributed by atoms with Crippen molar-refractivity contribution in [3.63, 3.8) is 0 Å². The first kappa shape index (κ1) is 16.6.